The lowest BCUT2D eigenvalue weighted by Crippen LogP contribution is -2.43. The van der Waals surface area contributed by atoms with Crippen molar-refractivity contribution in [3.8, 4) is 0 Å². The molecule has 0 aromatic heterocycles. The fraction of sp³-hybridized carbons (Fsp3) is 0.364. The fourth-order valence-electron chi connectivity index (χ4n) is 1.79. The molecule has 1 atom stereocenters. The molecule has 1 amide bonds. The van der Waals surface area contributed by atoms with Crippen LogP contribution in [0.1, 0.15) is 11.1 Å². The third-order valence-electron chi connectivity index (χ3n) is 2.87. The number of carbonyl (C=O) groups excluding carboxylic acids is 1. The first-order chi connectivity index (χ1) is 7.97. The maximum absolute atomic E-state index is 11.6. The van der Waals surface area contributed by atoms with Crippen LogP contribution in [0.2, 0.25) is 0 Å². The molecule has 0 saturated heterocycles. The Bertz CT molecular complexity index is 499. The number of nitro groups is 1. The number of rotatable bonds is 2. The van der Waals surface area contributed by atoms with Gasteiger partial charge in [-0.1, -0.05) is 0 Å². The van der Waals surface area contributed by atoms with Crippen LogP contribution in [0.25, 0.3) is 0 Å². The second-order valence-electron chi connectivity index (χ2n) is 4.18. The van der Waals surface area contributed by atoms with Gasteiger partial charge in [-0.05, 0) is 37.1 Å². The summed E-state index contributed by atoms with van der Waals surface area (Å²) in [5.41, 5.74) is 3.56. The number of fused-ring (bicyclic) bond motifs is 1. The van der Waals surface area contributed by atoms with Gasteiger partial charge >= 0.3 is 0 Å². The molecule has 6 nitrogen and oxygen atoms in total. The predicted octanol–water partition coefficient (Wildman–Crippen LogP) is 1.31. The molecule has 0 bridgehead atoms. The topological polar surface area (TPSA) is 84.3 Å². The largest absolute Gasteiger partial charge is 0.367 e. The fourth-order valence-corrected chi connectivity index (χ4v) is 1.79. The van der Waals surface area contributed by atoms with E-state index in [1.807, 2.05) is 26.0 Å². The minimum absolute atomic E-state index is 0.363. The number of amides is 1. The number of hydrogen-bond acceptors (Lipinski definition) is 4. The van der Waals surface area contributed by atoms with Gasteiger partial charge < -0.3 is 10.6 Å². The van der Waals surface area contributed by atoms with Crippen molar-refractivity contribution in [1.29, 1.82) is 0 Å². The normalized spacial score (nSPS) is 18.0. The Labute approximate surface area is 98.2 Å². The summed E-state index contributed by atoms with van der Waals surface area (Å²) in [7, 11) is 0. The lowest BCUT2D eigenvalue weighted by atomic mass is 10.0. The molecule has 2 rings (SSSR count). The highest BCUT2D eigenvalue weighted by atomic mass is 16.6. The van der Waals surface area contributed by atoms with Crippen LogP contribution in [-0.2, 0) is 4.79 Å². The molecule has 1 aliphatic rings. The Balaban J connectivity index is 2.31. The van der Waals surface area contributed by atoms with Crippen LogP contribution in [0.3, 0.4) is 0 Å². The molecule has 1 unspecified atom stereocenters. The molecule has 0 radical (unpaired) electrons. The number of benzene rings is 1. The van der Waals surface area contributed by atoms with Crippen molar-refractivity contribution in [3.05, 3.63) is 33.4 Å². The van der Waals surface area contributed by atoms with Crippen molar-refractivity contribution < 1.29 is 9.72 Å². The number of anilines is 2. The van der Waals surface area contributed by atoms with Gasteiger partial charge in [0.15, 0.2) is 6.04 Å². The van der Waals surface area contributed by atoms with Gasteiger partial charge in [0.25, 0.3) is 5.91 Å². The van der Waals surface area contributed by atoms with E-state index in [1.54, 1.807) is 0 Å². The highest BCUT2D eigenvalue weighted by molar-refractivity contribution is 6.03. The monoisotopic (exact) mass is 235 g/mol. The molecule has 0 saturated carbocycles. The molecular weight excluding hydrogens is 222 g/mol. The number of nitrogens with one attached hydrogen (secondary N) is 2. The number of nitrogens with zero attached hydrogens (tertiary/aromatic N) is 1. The van der Waals surface area contributed by atoms with E-state index in [0.29, 0.717) is 5.69 Å². The summed E-state index contributed by atoms with van der Waals surface area (Å²) < 4.78 is 0. The van der Waals surface area contributed by atoms with Gasteiger partial charge in [-0.25, -0.2) is 0 Å². The van der Waals surface area contributed by atoms with Crippen LogP contribution in [-0.4, -0.2) is 23.4 Å². The molecule has 90 valence electrons. The zero-order valence-corrected chi connectivity index (χ0v) is 9.61. The Morgan fingerprint density at radius 2 is 1.88 bits per heavy atom. The lowest BCUT2D eigenvalue weighted by molar-refractivity contribution is -0.479. The van der Waals surface area contributed by atoms with Crippen molar-refractivity contribution in [2.75, 3.05) is 17.2 Å². The maximum Gasteiger partial charge on any atom is 0.253 e. The van der Waals surface area contributed by atoms with Gasteiger partial charge in [-0.3, -0.25) is 14.9 Å². The van der Waals surface area contributed by atoms with Gasteiger partial charge in [0, 0.05) is 4.92 Å². The van der Waals surface area contributed by atoms with Crippen molar-refractivity contribution in [1.82, 2.24) is 0 Å². The first-order valence-corrected chi connectivity index (χ1v) is 5.28. The second-order valence-corrected chi connectivity index (χ2v) is 4.18. The molecule has 1 heterocycles. The summed E-state index contributed by atoms with van der Waals surface area (Å²) in [6.45, 7) is 3.49. The Morgan fingerprint density at radius 3 is 2.47 bits per heavy atom. The van der Waals surface area contributed by atoms with Gasteiger partial charge in [0.2, 0.25) is 6.54 Å². The molecule has 1 aromatic carbocycles. The summed E-state index contributed by atoms with van der Waals surface area (Å²) in [6.07, 6.45) is 0. The quantitative estimate of drug-likeness (QED) is 0.598. The summed E-state index contributed by atoms with van der Waals surface area (Å²) in [5.74, 6) is -0.363. The number of carbonyl (C=O) groups is 1. The van der Waals surface area contributed by atoms with Gasteiger partial charge in [-0.15, -0.1) is 0 Å². The Hall–Kier alpha value is -2.11. The molecule has 1 aliphatic heterocycles. The van der Waals surface area contributed by atoms with E-state index < -0.39 is 17.5 Å². The molecule has 0 spiro atoms. The molecule has 2 N–H and O–H groups in total. The van der Waals surface area contributed by atoms with E-state index in [4.69, 9.17) is 0 Å². The zero-order valence-electron chi connectivity index (χ0n) is 9.61. The molecule has 1 aromatic rings. The van der Waals surface area contributed by atoms with Gasteiger partial charge in [0.1, 0.15) is 0 Å². The van der Waals surface area contributed by atoms with E-state index in [9.17, 15) is 14.9 Å². The zero-order chi connectivity index (χ0) is 12.6. The van der Waals surface area contributed by atoms with Crippen LogP contribution >= 0.6 is 0 Å². The Kier molecular flexibility index (Phi) is 2.71. The van der Waals surface area contributed by atoms with Crippen molar-refractivity contribution in [2.45, 2.75) is 19.9 Å². The average molecular weight is 235 g/mol. The molecule has 17 heavy (non-hydrogen) atoms. The first kappa shape index (κ1) is 11.4. The maximum atomic E-state index is 11.6. The molecular formula is C11H13N3O3. The Morgan fingerprint density at radius 1 is 1.29 bits per heavy atom. The van der Waals surface area contributed by atoms with Crippen molar-refractivity contribution >= 4 is 17.3 Å². The first-order valence-electron chi connectivity index (χ1n) is 5.28. The van der Waals surface area contributed by atoms with Crippen molar-refractivity contribution in [2.24, 2.45) is 0 Å². The van der Waals surface area contributed by atoms with E-state index in [1.165, 1.54) is 0 Å². The molecule has 0 fully saturated rings. The van der Waals surface area contributed by atoms with E-state index in [-0.39, 0.29) is 5.91 Å². The number of hydrogen-bond donors (Lipinski definition) is 2. The van der Waals surface area contributed by atoms with E-state index in [0.717, 1.165) is 16.8 Å². The summed E-state index contributed by atoms with van der Waals surface area (Å²) in [4.78, 5) is 21.5. The van der Waals surface area contributed by atoms with Crippen LogP contribution in [0, 0.1) is 24.0 Å². The number of aryl methyl sites for hydroxylation is 2. The standard InChI is InChI=1S/C11H13N3O3/c1-6-3-8-9(4-7(6)2)13-11(15)10(12-8)5-14(16)17/h3-4,10,12H,5H2,1-2H3,(H,13,15). The lowest BCUT2D eigenvalue weighted by Gasteiger charge is -2.25. The van der Waals surface area contributed by atoms with E-state index in [2.05, 4.69) is 10.6 Å². The molecule has 0 aliphatic carbocycles. The van der Waals surface area contributed by atoms with Crippen molar-refractivity contribution in [3.63, 3.8) is 0 Å². The highest BCUT2D eigenvalue weighted by Gasteiger charge is 2.29. The van der Waals surface area contributed by atoms with Crippen LogP contribution in [0.5, 0.6) is 0 Å². The van der Waals surface area contributed by atoms with Crippen LogP contribution in [0.4, 0.5) is 11.4 Å². The second kappa shape index (κ2) is 4.04. The summed E-state index contributed by atoms with van der Waals surface area (Å²) in [6, 6.07) is 2.94. The van der Waals surface area contributed by atoms with Crippen LogP contribution < -0.4 is 10.6 Å². The predicted molar refractivity (Wildman–Crippen MR) is 63.8 cm³/mol. The minimum atomic E-state index is -0.806. The van der Waals surface area contributed by atoms with Crippen LogP contribution in [0.15, 0.2) is 12.1 Å². The average Bonchev–Trinajstić information content (AvgIpc) is 2.22. The van der Waals surface area contributed by atoms with Gasteiger partial charge in [-0.2, -0.15) is 0 Å². The minimum Gasteiger partial charge on any atom is -0.367 e. The third-order valence-corrected chi connectivity index (χ3v) is 2.87. The highest BCUT2D eigenvalue weighted by Crippen LogP contribution is 2.29. The third kappa shape index (κ3) is 2.20. The van der Waals surface area contributed by atoms with E-state index >= 15 is 0 Å². The molecule has 6 heteroatoms. The smallest absolute Gasteiger partial charge is 0.253 e. The SMILES string of the molecule is Cc1cc2c(cc1C)NC(C[N+](=O)[O-])C(=O)N2. The summed E-state index contributed by atoms with van der Waals surface area (Å²) in [5, 5.41) is 16.0. The summed E-state index contributed by atoms with van der Waals surface area (Å²) >= 11 is 0. The van der Waals surface area contributed by atoms with Gasteiger partial charge in [0.05, 0.1) is 11.4 Å².